The van der Waals surface area contributed by atoms with Gasteiger partial charge in [0, 0.05) is 50.8 Å². The van der Waals surface area contributed by atoms with Crippen molar-refractivity contribution in [3.63, 3.8) is 0 Å². The Balaban J connectivity index is 1.84. The zero-order chi connectivity index (χ0) is 18.9. The van der Waals surface area contributed by atoms with Gasteiger partial charge in [0.05, 0.1) is 17.1 Å². The van der Waals surface area contributed by atoms with Gasteiger partial charge in [-0.05, 0) is 39.0 Å². The lowest BCUT2D eigenvalue weighted by molar-refractivity contribution is 0.253. The highest BCUT2D eigenvalue weighted by Gasteiger charge is 2.31. The number of nitrogens with one attached hydrogen (secondary N) is 1. The summed E-state index contributed by atoms with van der Waals surface area (Å²) in [6.45, 7) is 5.01. The normalized spacial score (nSPS) is 19.2. The number of aromatic nitrogens is 4. The molecule has 0 unspecified atom stereocenters. The summed E-state index contributed by atoms with van der Waals surface area (Å²) < 4.78 is 27.7. The molecule has 0 amide bonds. The number of H-pyrrole nitrogens is 1. The highest BCUT2D eigenvalue weighted by Crippen LogP contribution is 2.29. The molecule has 8 nitrogen and oxygen atoms in total. The molecule has 26 heavy (non-hydrogen) atoms. The van der Waals surface area contributed by atoms with Gasteiger partial charge in [-0.3, -0.25) is 15.1 Å². The molecule has 3 rings (SSSR count). The van der Waals surface area contributed by atoms with Gasteiger partial charge in [0.2, 0.25) is 0 Å². The van der Waals surface area contributed by atoms with Gasteiger partial charge >= 0.3 is 0 Å². The summed E-state index contributed by atoms with van der Waals surface area (Å²) in [6.07, 6.45) is 5.93. The predicted molar refractivity (Wildman–Crippen MR) is 99.7 cm³/mol. The maximum absolute atomic E-state index is 12.4. The van der Waals surface area contributed by atoms with Crippen LogP contribution >= 0.6 is 0 Å². The molecule has 0 bridgehead atoms. The van der Waals surface area contributed by atoms with Crippen LogP contribution in [0.15, 0.2) is 12.4 Å². The first-order valence-electron chi connectivity index (χ1n) is 8.80. The molecule has 2 aromatic heterocycles. The lowest BCUT2D eigenvalue weighted by Gasteiger charge is -2.33. The number of hydrogen-bond donors (Lipinski definition) is 1. The summed E-state index contributed by atoms with van der Waals surface area (Å²) in [5.74, 6) is 0.224. The van der Waals surface area contributed by atoms with E-state index in [1.54, 1.807) is 30.8 Å². The molecular weight excluding hydrogens is 352 g/mol. The molecule has 1 atom stereocenters. The van der Waals surface area contributed by atoms with Crippen LogP contribution in [0.3, 0.4) is 0 Å². The molecule has 9 heteroatoms. The van der Waals surface area contributed by atoms with Crippen molar-refractivity contribution in [1.82, 2.24) is 28.8 Å². The Morgan fingerprint density at radius 3 is 2.65 bits per heavy atom. The smallest absolute Gasteiger partial charge is 0.281 e. The van der Waals surface area contributed by atoms with Crippen LogP contribution in [0.4, 0.5) is 0 Å². The molecule has 1 aliphatic heterocycles. The van der Waals surface area contributed by atoms with Gasteiger partial charge in [0.15, 0.2) is 0 Å². The van der Waals surface area contributed by atoms with Crippen LogP contribution < -0.4 is 0 Å². The second kappa shape index (κ2) is 7.42. The Bertz CT molecular complexity index is 858. The molecule has 0 radical (unpaired) electrons. The van der Waals surface area contributed by atoms with Gasteiger partial charge in [-0.2, -0.15) is 22.1 Å². The number of hydrogen-bond acceptors (Lipinski definition) is 5. The van der Waals surface area contributed by atoms with Crippen LogP contribution in [0.25, 0.3) is 11.3 Å². The lowest BCUT2D eigenvalue weighted by Crippen LogP contribution is -2.45. The average Bonchev–Trinajstić information content (AvgIpc) is 2.94. The zero-order valence-electron chi connectivity index (χ0n) is 15.7. The van der Waals surface area contributed by atoms with E-state index in [0.29, 0.717) is 19.5 Å². The molecule has 1 aliphatic rings. The summed E-state index contributed by atoms with van der Waals surface area (Å²) in [6, 6.07) is 0. The van der Waals surface area contributed by atoms with E-state index in [2.05, 4.69) is 20.2 Å². The third kappa shape index (κ3) is 3.65. The molecule has 142 valence electrons. The summed E-state index contributed by atoms with van der Waals surface area (Å²) in [5.41, 5.74) is 4.58. The highest BCUT2D eigenvalue weighted by molar-refractivity contribution is 7.86. The van der Waals surface area contributed by atoms with E-state index in [-0.39, 0.29) is 5.92 Å². The molecular formula is C17H26N6O2S. The monoisotopic (exact) mass is 378 g/mol. The SMILES string of the molecule is Cc1n[nH]c(C)c1-c1nccnc1C[C@@H]1CCCN(S(=O)(=O)N(C)C)C1. The van der Waals surface area contributed by atoms with E-state index in [0.717, 1.165) is 41.2 Å². The third-order valence-corrected chi connectivity index (χ3v) is 6.80. The van der Waals surface area contributed by atoms with Crippen molar-refractivity contribution < 1.29 is 8.42 Å². The number of piperidine rings is 1. The van der Waals surface area contributed by atoms with Gasteiger partial charge < -0.3 is 0 Å². The Morgan fingerprint density at radius 2 is 2.00 bits per heavy atom. The summed E-state index contributed by atoms with van der Waals surface area (Å²) in [5, 5.41) is 7.25. The first-order valence-corrected chi connectivity index (χ1v) is 10.2. The first-order chi connectivity index (χ1) is 12.3. The van der Waals surface area contributed by atoms with Crippen molar-refractivity contribution in [2.45, 2.75) is 33.1 Å². The van der Waals surface area contributed by atoms with Crippen molar-refractivity contribution in [2.24, 2.45) is 5.92 Å². The van der Waals surface area contributed by atoms with Crippen molar-refractivity contribution in [2.75, 3.05) is 27.2 Å². The Kier molecular flexibility index (Phi) is 5.40. The number of rotatable bonds is 5. The molecule has 1 fully saturated rings. The van der Waals surface area contributed by atoms with Crippen LogP contribution in [-0.2, 0) is 16.6 Å². The summed E-state index contributed by atoms with van der Waals surface area (Å²) >= 11 is 0. The second-order valence-corrected chi connectivity index (χ2v) is 9.16. The molecule has 0 spiro atoms. The van der Waals surface area contributed by atoms with Gasteiger partial charge in [-0.15, -0.1) is 0 Å². The van der Waals surface area contributed by atoms with E-state index in [1.807, 2.05) is 13.8 Å². The van der Waals surface area contributed by atoms with Crippen molar-refractivity contribution in [3.05, 3.63) is 29.5 Å². The van der Waals surface area contributed by atoms with Crippen LogP contribution in [0.2, 0.25) is 0 Å². The molecule has 1 saturated heterocycles. The minimum atomic E-state index is -3.38. The average molecular weight is 379 g/mol. The molecule has 3 heterocycles. The van der Waals surface area contributed by atoms with Crippen molar-refractivity contribution >= 4 is 10.2 Å². The van der Waals surface area contributed by atoms with Crippen LogP contribution in [0, 0.1) is 19.8 Å². The quantitative estimate of drug-likeness (QED) is 0.852. The maximum Gasteiger partial charge on any atom is 0.281 e. The number of aryl methyl sites for hydroxylation is 2. The fraction of sp³-hybridized carbons (Fsp3) is 0.588. The van der Waals surface area contributed by atoms with Gasteiger partial charge in [0.1, 0.15) is 0 Å². The Hall–Kier alpha value is -1.84. The molecule has 1 N–H and O–H groups in total. The fourth-order valence-corrected chi connectivity index (χ4v) is 4.75. The molecule has 0 aromatic carbocycles. The van der Waals surface area contributed by atoms with Gasteiger partial charge in [0.25, 0.3) is 10.2 Å². The topological polar surface area (TPSA) is 95.1 Å². The van der Waals surface area contributed by atoms with Crippen LogP contribution in [0.5, 0.6) is 0 Å². The van der Waals surface area contributed by atoms with E-state index in [1.165, 1.54) is 4.31 Å². The Labute approximate surface area is 154 Å². The predicted octanol–water partition coefficient (Wildman–Crippen LogP) is 1.54. The molecule has 0 aliphatic carbocycles. The maximum atomic E-state index is 12.4. The van der Waals surface area contributed by atoms with E-state index in [4.69, 9.17) is 0 Å². The van der Waals surface area contributed by atoms with E-state index < -0.39 is 10.2 Å². The second-order valence-electron chi connectivity index (χ2n) is 7.02. The minimum Gasteiger partial charge on any atom is -0.282 e. The van der Waals surface area contributed by atoms with E-state index >= 15 is 0 Å². The van der Waals surface area contributed by atoms with Gasteiger partial charge in [-0.25, -0.2) is 0 Å². The zero-order valence-corrected chi connectivity index (χ0v) is 16.5. The van der Waals surface area contributed by atoms with E-state index in [9.17, 15) is 8.42 Å². The van der Waals surface area contributed by atoms with Crippen molar-refractivity contribution in [1.29, 1.82) is 0 Å². The minimum absolute atomic E-state index is 0.224. The number of aromatic amines is 1. The molecule has 0 saturated carbocycles. The summed E-state index contributed by atoms with van der Waals surface area (Å²) in [7, 11) is -0.229. The highest BCUT2D eigenvalue weighted by atomic mass is 32.2. The first kappa shape index (κ1) is 18.9. The van der Waals surface area contributed by atoms with Crippen molar-refractivity contribution in [3.8, 4) is 11.3 Å². The lowest BCUT2D eigenvalue weighted by atomic mass is 9.92. The third-order valence-electron chi connectivity index (χ3n) is 4.89. The summed E-state index contributed by atoms with van der Waals surface area (Å²) in [4.78, 5) is 9.09. The van der Waals surface area contributed by atoms with Gasteiger partial charge in [-0.1, -0.05) is 0 Å². The molecule has 2 aromatic rings. The van der Waals surface area contributed by atoms with Crippen LogP contribution in [-0.4, -0.2) is 64.4 Å². The van der Waals surface area contributed by atoms with Crippen LogP contribution in [0.1, 0.15) is 29.9 Å². The fourth-order valence-electron chi connectivity index (χ4n) is 3.53. The standard InChI is InChI=1S/C17H26N6O2S/c1-12-16(13(2)21-20-12)17-15(18-7-8-19-17)10-14-6-5-9-23(11-14)26(24,25)22(3)4/h7-8,14H,5-6,9-11H2,1-4H3,(H,20,21)/t14-/m0/s1. The number of nitrogens with zero attached hydrogens (tertiary/aromatic N) is 5. The Morgan fingerprint density at radius 1 is 1.27 bits per heavy atom. The largest absolute Gasteiger partial charge is 0.282 e.